The lowest BCUT2D eigenvalue weighted by Crippen LogP contribution is -2.51. The Kier molecular flexibility index (Phi) is 7.80. The highest BCUT2D eigenvalue weighted by atomic mass is 16.6. The fourth-order valence-electron chi connectivity index (χ4n) is 3.41. The van der Waals surface area contributed by atoms with E-state index in [2.05, 4.69) is 27.7 Å². The molecule has 2 N–H and O–H groups in total. The van der Waals surface area contributed by atoms with Crippen LogP contribution in [0.2, 0.25) is 0 Å². The number of anilines is 2. The van der Waals surface area contributed by atoms with E-state index in [1.807, 2.05) is 18.2 Å². The molecule has 0 spiro atoms. The third-order valence-electron chi connectivity index (χ3n) is 5.18. The Morgan fingerprint density at radius 2 is 1.65 bits per heavy atom. The molecule has 164 valence electrons. The molecule has 3 rings (SSSR count). The highest BCUT2D eigenvalue weighted by Gasteiger charge is 2.21. The molecule has 0 radical (unpaired) electrons. The average Bonchev–Trinajstić information content (AvgIpc) is 2.81. The minimum absolute atomic E-state index is 0.0138. The van der Waals surface area contributed by atoms with Crippen LogP contribution in [0.5, 0.6) is 0 Å². The summed E-state index contributed by atoms with van der Waals surface area (Å²) >= 11 is 0. The number of hydrogen-bond donors (Lipinski definition) is 2. The van der Waals surface area contributed by atoms with Crippen molar-refractivity contribution in [1.82, 2.24) is 10.2 Å². The van der Waals surface area contributed by atoms with Gasteiger partial charge >= 0.3 is 0 Å². The molecule has 0 bridgehead atoms. The Labute approximate surface area is 181 Å². The van der Waals surface area contributed by atoms with E-state index in [1.165, 1.54) is 12.1 Å². The second-order valence-electron chi connectivity index (χ2n) is 7.31. The van der Waals surface area contributed by atoms with Crippen LogP contribution < -0.4 is 15.5 Å². The van der Waals surface area contributed by atoms with Gasteiger partial charge < -0.3 is 20.4 Å². The number of benzene rings is 2. The van der Waals surface area contributed by atoms with Crippen molar-refractivity contribution in [1.29, 1.82) is 0 Å². The van der Waals surface area contributed by atoms with E-state index in [0.29, 0.717) is 32.5 Å². The molecule has 0 aromatic heterocycles. The number of nitro benzene ring substituents is 1. The van der Waals surface area contributed by atoms with Crippen molar-refractivity contribution in [2.75, 3.05) is 49.5 Å². The number of carbonyl (C=O) groups is 2. The van der Waals surface area contributed by atoms with Crippen LogP contribution >= 0.6 is 0 Å². The minimum atomic E-state index is -0.446. The fraction of sp³-hybridized carbons (Fsp3) is 0.364. The summed E-state index contributed by atoms with van der Waals surface area (Å²) in [5, 5.41) is 16.5. The largest absolute Gasteiger partial charge is 0.385 e. The molecule has 0 atom stereocenters. The zero-order chi connectivity index (χ0) is 22.1. The first-order valence-electron chi connectivity index (χ1n) is 10.4. The number of nitro groups is 1. The molecule has 0 saturated carbocycles. The summed E-state index contributed by atoms with van der Waals surface area (Å²) in [5.41, 5.74) is 1.96. The van der Waals surface area contributed by atoms with Crippen molar-refractivity contribution in [3.63, 3.8) is 0 Å². The standard InChI is InChI=1S/C22H27N5O4/c28-21(7-4-12-23-18-8-10-20(11-9-18)27(30)31)24-17-22(29)26-15-13-25(14-16-26)19-5-2-1-3-6-19/h1-3,5-6,8-11,23H,4,7,12-17H2,(H,24,28). The van der Waals surface area contributed by atoms with Crippen LogP contribution in [0.3, 0.4) is 0 Å². The Hall–Kier alpha value is -3.62. The number of piperazine rings is 1. The van der Waals surface area contributed by atoms with Gasteiger partial charge in [-0.1, -0.05) is 18.2 Å². The first-order chi connectivity index (χ1) is 15.0. The van der Waals surface area contributed by atoms with E-state index in [1.54, 1.807) is 17.0 Å². The summed E-state index contributed by atoms with van der Waals surface area (Å²) in [6, 6.07) is 16.2. The number of amides is 2. The van der Waals surface area contributed by atoms with E-state index in [9.17, 15) is 19.7 Å². The van der Waals surface area contributed by atoms with Crippen LogP contribution in [-0.4, -0.2) is 60.9 Å². The maximum Gasteiger partial charge on any atom is 0.269 e. The van der Waals surface area contributed by atoms with Crippen LogP contribution in [0.4, 0.5) is 17.1 Å². The predicted octanol–water partition coefficient (Wildman–Crippen LogP) is 2.25. The van der Waals surface area contributed by atoms with Gasteiger partial charge in [-0.05, 0) is 30.7 Å². The smallest absolute Gasteiger partial charge is 0.269 e. The molecule has 9 heteroatoms. The number of carbonyl (C=O) groups excluding carboxylic acids is 2. The number of non-ortho nitro benzene ring substituents is 1. The van der Waals surface area contributed by atoms with Crippen molar-refractivity contribution in [2.45, 2.75) is 12.8 Å². The van der Waals surface area contributed by atoms with Crippen molar-refractivity contribution < 1.29 is 14.5 Å². The number of rotatable bonds is 9. The molecule has 0 unspecified atom stereocenters. The lowest BCUT2D eigenvalue weighted by Gasteiger charge is -2.36. The third kappa shape index (κ3) is 6.70. The Balaban J connectivity index is 1.29. The Bertz CT molecular complexity index is 881. The van der Waals surface area contributed by atoms with Gasteiger partial charge in [0.15, 0.2) is 0 Å². The molecular formula is C22H27N5O4. The lowest BCUT2D eigenvalue weighted by atomic mass is 10.2. The summed E-state index contributed by atoms with van der Waals surface area (Å²) in [5.74, 6) is -0.230. The quantitative estimate of drug-likeness (QED) is 0.362. The van der Waals surface area contributed by atoms with Gasteiger partial charge in [-0.15, -0.1) is 0 Å². The zero-order valence-electron chi connectivity index (χ0n) is 17.3. The lowest BCUT2D eigenvalue weighted by molar-refractivity contribution is -0.384. The molecule has 0 aliphatic carbocycles. The highest BCUT2D eigenvalue weighted by Crippen LogP contribution is 2.16. The zero-order valence-corrected chi connectivity index (χ0v) is 17.3. The van der Waals surface area contributed by atoms with Gasteiger partial charge in [0.25, 0.3) is 5.69 Å². The Morgan fingerprint density at radius 1 is 0.968 bits per heavy atom. The molecule has 1 aliphatic heterocycles. The maximum absolute atomic E-state index is 12.4. The number of hydrogen-bond acceptors (Lipinski definition) is 6. The van der Waals surface area contributed by atoms with Crippen LogP contribution in [0.1, 0.15) is 12.8 Å². The monoisotopic (exact) mass is 425 g/mol. The summed E-state index contributed by atoms with van der Waals surface area (Å²) in [7, 11) is 0. The third-order valence-corrected chi connectivity index (χ3v) is 5.18. The summed E-state index contributed by atoms with van der Waals surface area (Å²) in [4.78, 5) is 38.6. The van der Waals surface area contributed by atoms with Gasteiger partial charge in [0, 0.05) is 62.7 Å². The van der Waals surface area contributed by atoms with Gasteiger partial charge in [0.1, 0.15) is 0 Å². The van der Waals surface area contributed by atoms with Crippen LogP contribution in [-0.2, 0) is 9.59 Å². The molecule has 2 aromatic carbocycles. The van der Waals surface area contributed by atoms with E-state index in [0.717, 1.165) is 24.5 Å². The number of nitrogens with zero attached hydrogens (tertiary/aromatic N) is 3. The van der Waals surface area contributed by atoms with Crippen molar-refractivity contribution in [2.24, 2.45) is 0 Å². The highest BCUT2D eigenvalue weighted by molar-refractivity contribution is 5.84. The van der Waals surface area contributed by atoms with Crippen LogP contribution in [0.25, 0.3) is 0 Å². The Morgan fingerprint density at radius 3 is 2.29 bits per heavy atom. The number of nitrogens with one attached hydrogen (secondary N) is 2. The van der Waals surface area contributed by atoms with Crippen molar-refractivity contribution in [3.8, 4) is 0 Å². The molecule has 1 saturated heterocycles. The molecule has 2 amide bonds. The van der Waals surface area contributed by atoms with Gasteiger partial charge in [-0.25, -0.2) is 0 Å². The van der Waals surface area contributed by atoms with Gasteiger partial charge in [-0.3, -0.25) is 19.7 Å². The van der Waals surface area contributed by atoms with Gasteiger partial charge in [-0.2, -0.15) is 0 Å². The summed E-state index contributed by atoms with van der Waals surface area (Å²) in [6.45, 7) is 3.40. The van der Waals surface area contributed by atoms with Crippen molar-refractivity contribution >= 4 is 28.9 Å². The fourth-order valence-corrected chi connectivity index (χ4v) is 3.41. The van der Waals surface area contributed by atoms with E-state index >= 15 is 0 Å². The SMILES string of the molecule is O=C(CCCNc1ccc([N+](=O)[O-])cc1)NCC(=O)N1CCN(c2ccccc2)CC1. The molecule has 1 aliphatic rings. The van der Waals surface area contributed by atoms with E-state index in [4.69, 9.17) is 0 Å². The maximum atomic E-state index is 12.4. The molecule has 31 heavy (non-hydrogen) atoms. The second-order valence-corrected chi connectivity index (χ2v) is 7.31. The summed E-state index contributed by atoms with van der Waals surface area (Å²) in [6.07, 6.45) is 0.891. The number of para-hydroxylation sites is 1. The van der Waals surface area contributed by atoms with E-state index < -0.39 is 4.92 Å². The summed E-state index contributed by atoms with van der Waals surface area (Å²) < 4.78 is 0. The molecular weight excluding hydrogens is 398 g/mol. The van der Waals surface area contributed by atoms with Gasteiger partial charge in [0.05, 0.1) is 11.5 Å². The van der Waals surface area contributed by atoms with Crippen LogP contribution in [0.15, 0.2) is 54.6 Å². The average molecular weight is 425 g/mol. The molecule has 2 aromatic rings. The normalized spacial score (nSPS) is 13.5. The second kappa shape index (κ2) is 11.0. The minimum Gasteiger partial charge on any atom is -0.385 e. The predicted molar refractivity (Wildman–Crippen MR) is 119 cm³/mol. The van der Waals surface area contributed by atoms with Gasteiger partial charge in [0.2, 0.25) is 11.8 Å². The first-order valence-corrected chi connectivity index (χ1v) is 10.4. The van der Waals surface area contributed by atoms with Crippen LogP contribution in [0, 0.1) is 10.1 Å². The molecule has 1 heterocycles. The van der Waals surface area contributed by atoms with Crippen molar-refractivity contribution in [3.05, 3.63) is 64.7 Å². The molecule has 9 nitrogen and oxygen atoms in total. The van der Waals surface area contributed by atoms with E-state index in [-0.39, 0.29) is 24.0 Å². The topological polar surface area (TPSA) is 108 Å². The molecule has 1 fully saturated rings. The first kappa shape index (κ1) is 22.1.